The van der Waals surface area contributed by atoms with Gasteiger partial charge in [-0.3, -0.25) is 0 Å². The Hall–Kier alpha value is -1.09. The summed E-state index contributed by atoms with van der Waals surface area (Å²) in [5.74, 6) is 1.09. The molecule has 1 rings (SSSR count). The summed E-state index contributed by atoms with van der Waals surface area (Å²) in [6.45, 7) is 10.1. The first-order chi connectivity index (χ1) is 8.49. The molecule has 1 unspecified atom stereocenters. The molecule has 0 heterocycles. The predicted octanol–water partition coefficient (Wildman–Crippen LogP) is 3.54. The lowest BCUT2D eigenvalue weighted by atomic mass is 10.1. The van der Waals surface area contributed by atoms with Crippen molar-refractivity contribution in [3.8, 4) is 5.75 Å². The van der Waals surface area contributed by atoms with Crippen LogP contribution in [0.25, 0.3) is 0 Å². The molecule has 0 aliphatic carbocycles. The average Bonchev–Trinajstić information content (AvgIpc) is 2.29. The standard InChI is InChI=1S/C15H24FNO/c1-11(2)7-8-17-10-13(4)18-15-9-14(16)6-5-12(15)3/h5-6,9,11,13,17H,7-8,10H2,1-4H3. The van der Waals surface area contributed by atoms with Gasteiger partial charge in [-0.2, -0.15) is 0 Å². The highest BCUT2D eigenvalue weighted by molar-refractivity contribution is 5.32. The molecule has 2 nitrogen and oxygen atoms in total. The second-order valence-corrected chi connectivity index (χ2v) is 5.22. The minimum atomic E-state index is -0.254. The van der Waals surface area contributed by atoms with Gasteiger partial charge in [0.1, 0.15) is 17.7 Å². The van der Waals surface area contributed by atoms with Crippen LogP contribution in [0, 0.1) is 18.7 Å². The Kier molecular flexibility index (Phi) is 6.13. The lowest BCUT2D eigenvalue weighted by molar-refractivity contribution is 0.214. The fraction of sp³-hybridized carbons (Fsp3) is 0.600. The maximum atomic E-state index is 13.1. The second kappa shape index (κ2) is 7.37. The van der Waals surface area contributed by atoms with Gasteiger partial charge in [0.05, 0.1) is 0 Å². The van der Waals surface area contributed by atoms with Gasteiger partial charge in [-0.05, 0) is 44.4 Å². The van der Waals surface area contributed by atoms with Crippen molar-refractivity contribution >= 4 is 0 Å². The lowest BCUT2D eigenvalue weighted by Gasteiger charge is -2.17. The third kappa shape index (κ3) is 5.50. The molecule has 0 saturated heterocycles. The Morgan fingerprint density at radius 3 is 2.67 bits per heavy atom. The summed E-state index contributed by atoms with van der Waals surface area (Å²) in [5.41, 5.74) is 0.963. The molecule has 18 heavy (non-hydrogen) atoms. The number of halogens is 1. The van der Waals surface area contributed by atoms with E-state index in [2.05, 4.69) is 19.2 Å². The zero-order chi connectivity index (χ0) is 13.5. The first kappa shape index (κ1) is 15.0. The van der Waals surface area contributed by atoms with Gasteiger partial charge in [-0.15, -0.1) is 0 Å². The molecule has 0 saturated carbocycles. The first-order valence-corrected chi connectivity index (χ1v) is 6.62. The molecule has 0 fully saturated rings. The molecule has 0 radical (unpaired) electrons. The van der Waals surface area contributed by atoms with E-state index in [9.17, 15) is 4.39 Å². The Morgan fingerprint density at radius 2 is 2.00 bits per heavy atom. The summed E-state index contributed by atoms with van der Waals surface area (Å²) >= 11 is 0. The van der Waals surface area contributed by atoms with Crippen molar-refractivity contribution in [1.82, 2.24) is 5.32 Å². The van der Waals surface area contributed by atoms with Crippen LogP contribution in [-0.4, -0.2) is 19.2 Å². The zero-order valence-electron chi connectivity index (χ0n) is 11.8. The number of nitrogens with one attached hydrogen (secondary N) is 1. The number of hydrogen-bond donors (Lipinski definition) is 1. The summed E-state index contributed by atoms with van der Waals surface area (Å²) in [4.78, 5) is 0. The van der Waals surface area contributed by atoms with Crippen molar-refractivity contribution in [2.24, 2.45) is 5.92 Å². The van der Waals surface area contributed by atoms with Gasteiger partial charge in [-0.25, -0.2) is 4.39 Å². The number of benzene rings is 1. The van der Waals surface area contributed by atoms with Gasteiger partial charge < -0.3 is 10.1 Å². The van der Waals surface area contributed by atoms with E-state index in [0.29, 0.717) is 11.7 Å². The van der Waals surface area contributed by atoms with Crippen molar-refractivity contribution in [2.45, 2.75) is 40.2 Å². The van der Waals surface area contributed by atoms with Gasteiger partial charge in [0.25, 0.3) is 0 Å². The van der Waals surface area contributed by atoms with Crippen LogP contribution in [0.4, 0.5) is 4.39 Å². The molecule has 1 aromatic rings. The highest BCUT2D eigenvalue weighted by Gasteiger charge is 2.07. The summed E-state index contributed by atoms with van der Waals surface area (Å²) in [6.07, 6.45) is 1.20. The number of aryl methyl sites for hydroxylation is 1. The minimum absolute atomic E-state index is 0.0395. The number of hydrogen-bond acceptors (Lipinski definition) is 2. The number of rotatable bonds is 7. The smallest absolute Gasteiger partial charge is 0.126 e. The number of ether oxygens (including phenoxy) is 1. The van der Waals surface area contributed by atoms with E-state index in [1.54, 1.807) is 6.07 Å². The van der Waals surface area contributed by atoms with Crippen LogP contribution in [0.2, 0.25) is 0 Å². The predicted molar refractivity (Wildman–Crippen MR) is 73.6 cm³/mol. The molecule has 0 bridgehead atoms. The summed E-state index contributed by atoms with van der Waals surface area (Å²) in [5, 5.41) is 3.35. The highest BCUT2D eigenvalue weighted by atomic mass is 19.1. The van der Waals surface area contributed by atoms with Crippen molar-refractivity contribution in [1.29, 1.82) is 0 Å². The van der Waals surface area contributed by atoms with E-state index >= 15 is 0 Å². The third-order valence-corrected chi connectivity index (χ3v) is 2.81. The molecule has 0 aromatic heterocycles. The minimum Gasteiger partial charge on any atom is -0.489 e. The molecular formula is C15H24FNO. The Labute approximate surface area is 110 Å². The fourth-order valence-corrected chi connectivity index (χ4v) is 1.66. The van der Waals surface area contributed by atoms with Crippen LogP contribution < -0.4 is 10.1 Å². The first-order valence-electron chi connectivity index (χ1n) is 6.62. The van der Waals surface area contributed by atoms with Crippen LogP contribution in [0.3, 0.4) is 0 Å². The zero-order valence-corrected chi connectivity index (χ0v) is 11.8. The van der Waals surface area contributed by atoms with Crippen LogP contribution in [0.15, 0.2) is 18.2 Å². The SMILES string of the molecule is Cc1ccc(F)cc1OC(C)CNCCC(C)C. The van der Waals surface area contributed by atoms with Crippen molar-refractivity contribution in [3.63, 3.8) is 0 Å². The lowest BCUT2D eigenvalue weighted by Crippen LogP contribution is -2.30. The van der Waals surface area contributed by atoms with Gasteiger partial charge in [0, 0.05) is 12.6 Å². The largest absolute Gasteiger partial charge is 0.489 e. The van der Waals surface area contributed by atoms with E-state index in [4.69, 9.17) is 4.74 Å². The van der Waals surface area contributed by atoms with E-state index in [1.807, 2.05) is 13.8 Å². The van der Waals surface area contributed by atoms with Crippen molar-refractivity contribution in [2.75, 3.05) is 13.1 Å². The molecule has 3 heteroatoms. The maximum Gasteiger partial charge on any atom is 0.126 e. The Morgan fingerprint density at radius 1 is 1.28 bits per heavy atom. The van der Waals surface area contributed by atoms with E-state index in [0.717, 1.165) is 25.1 Å². The molecule has 102 valence electrons. The third-order valence-electron chi connectivity index (χ3n) is 2.81. The van der Waals surface area contributed by atoms with E-state index < -0.39 is 0 Å². The molecular weight excluding hydrogens is 229 g/mol. The van der Waals surface area contributed by atoms with Crippen LogP contribution in [0.5, 0.6) is 5.75 Å². The van der Waals surface area contributed by atoms with Gasteiger partial charge in [0.2, 0.25) is 0 Å². The molecule has 0 aliphatic heterocycles. The van der Waals surface area contributed by atoms with Crippen LogP contribution in [0.1, 0.15) is 32.8 Å². The van der Waals surface area contributed by atoms with Crippen LogP contribution in [-0.2, 0) is 0 Å². The maximum absolute atomic E-state index is 13.1. The summed E-state index contributed by atoms with van der Waals surface area (Å²) in [7, 11) is 0. The molecule has 1 N–H and O–H groups in total. The Bertz CT molecular complexity index is 366. The van der Waals surface area contributed by atoms with Gasteiger partial charge in [-0.1, -0.05) is 19.9 Å². The molecule has 0 amide bonds. The topological polar surface area (TPSA) is 21.3 Å². The van der Waals surface area contributed by atoms with Crippen molar-refractivity contribution in [3.05, 3.63) is 29.6 Å². The second-order valence-electron chi connectivity index (χ2n) is 5.22. The Balaban J connectivity index is 2.35. The normalized spacial score (nSPS) is 12.8. The molecule has 0 aliphatic rings. The van der Waals surface area contributed by atoms with E-state index in [-0.39, 0.29) is 11.9 Å². The molecule has 0 spiro atoms. The van der Waals surface area contributed by atoms with Crippen molar-refractivity contribution < 1.29 is 9.13 Å². The van der Waals surface area contributed by atoms with E-state index in [1.165, 1.54) is 12.1 Å². The van der Waals surface area contributed by atoms with Gasteiger partial charge in [0.15, 0.2) is 0 Å². The molecule has 1 atom stereocenters. The van der Waals surface area contributed by atoms with Gasteiger partial charge >= 0.3 is 0 Å². The monoisotopic (exact) mass is 253 g/mol. The molecule has 1 aromatic carbocycles. The summed E-state index contributed by atoms with van der Waals surface area (Å²) in [6, 6.07) is 4.64. The highest BCUT2D eigenvalue weighted by Crippen LogP contribution is 2.19. The average molecular weight is 253 g/mol. The summed E-state index contributed by atoms with van der Waals surface area (Å²) < 4.78 is 18.8. The quantitative estimate of drug-likeness (QED) is 0.750. The van der Waals surface area contributed by atoms with Crippen LogP contribution >= 0.6 is 0 Å². The fourth-order valence-electron chi connectivity index (χ4n) is 1.66.